The number of nitrogens with two attached hydrogens (primary N) is 2. The minimum absolute atomic E-state index is 0.0535. The number of hydrogen-bond donors (Lipinski definition) is 3. The van der Waals surface area contributed by atoms with Gasteiger partial charge in [0.2, 0.25) is 5.91 Å². The van der Waals surface area contributed by atoms with E-state index in [1.54, 1.807) is 0 Å². The smallest absolute Gasteiger partial charge is 0.230 e. The highest BCUT2D eigenvalue weighted by Crippen LogP contribution is 2.16. The van der Waals surface area contributed by atoms with Crippen molar-refractivity contribution >= 4 is 38.8 Å². The molecule has 7 heteroatoms. The second-order valence-electron chi connectivity index (χ2n) is 3.60. The number of carbonyl (C=O) groups excluding carboxylic acids is 1. The van der Waals surface area contributed by atoms with E-state index in [1.807, 2.05) is 31.2 Å². The van der Waals surface area contributed by atoms with Gasteiger partial charge in [-0.05, 0) is 24.6 Å². The topological polar surface area (TPSA) is 93.5 Å². The van der Waals surface area contributed by atoms with Crippen molar-refractivity contribution in [2.24, 2.45) is 16.7 Å². The Kier molecular flexibility index (Phi) is 6.00. The molecular formula is C11H15BrN4OS. The molecule has 1 unspecified atom stereocenters. The Morgan fingerprint density at radius 1 is 1.50 bits per heavy atom. The molecule has 98 valence electrons. The van der Waals surface area contributed by atoms with Crippen LogP contribution in [0.1, 0.15) is 18.5 Å². The molecule has 0 fully saturated rings. The van der Waals surface area contributed by atoms with Crippen LogP contribution in [0.5, 0.6) is 0 Å². The highest BCUT2D eigenvalue weighted by molar-refractivity contribution is 9.10. The number of carbonyl (C=O) groups is 1. The molecule has 5 nitrogen and oxygen atoms in total. The summed E-state index contributed by atoms with van der Waals surface area (Å²) in [5.41, 5.74) is 6.42. The van der Waals surface area contributed by atoms with Crippen LogP contribution in [0.4, 0.5) is 0 Å². The van der Waals surface area contributed by atoms with Gasteiger partial charge in [0.15, 0.2) is 5.17 Å². The Morgan fingerprint density at radius 3 is 2.67 bits per heavy atom. The first-order valence-electron chi connectivity index (χ1n) is 5.24. The summed E-state index contributed by atoms with van der Waals surface area (Å²) in [6.07, 6.45) is 0. The van der Waals surface area contributed by atoms with Gasteiger partial charge in [0, 0.05) is 4.47 Å². The van der Waals surface area contributed by atoms with Crippen molar-refractivity contribution in [3.8, 4) is 0 Å². The lowest BCUT2D eigenvalue weighted by Gasteiger charge is -2.14. The number of amidine groups is 1. The van der Waals surface area contributed by atoms with Crippen LogP contribution in [0.3, 0.4) is 0 Å². The predicted octanol–water partition coefficient (Wildman–Crippen LogP) is 1.55. The van der Waals surface area contributed by atoms with Crippen molar-refractivity contribution in [1.29, 1.82) is 0 Å². The lowest BCUT2D eigenvalue weighted by Crippen LogP contribution is -2.29. The zero-order chi connectivity index (χ0) is 13.5. The van der Waals surface area contributed by atoms with Crippen LogP contribution in [-0.2, 0) is 4.79 Å². The predicted molar refractivity (Wildman–Crippen MR) is 79.0 cm³/mol. The molecule has 1 aromatic rings. The summed E-state index contributed by atoms with van der Waals surface area (Å²) < 4.78 is 1.01. The highest BCUT2D eigenvalue weighted by atomic mass is 79.9. The minimum atomic E-state index is -0.109. The third-order valence-corrected chi connectivity index (χ3v) is 3.56. The number of hydrogen-bond acceptors (Lipinski definition) is 4. The molecule has 0 bridgehead atoms. The van der Waals surface area contributed by atoms with Crippen molar-refractivity contribution in [3.63, 3.8) is 0 Å². The number of hydrazone groups is 1. The van der Waals surface area contributed by atoms with Crippen LogP contribution in [0.2, 0.25) is 0 Å². The van der Waals surface area contributed by atoms with Crippen LogP contribution in [0.15, 0.2) is 33.8 Å². The average molecular weight is 331 g/mol. The third kappa shape index (κ3) is 4.97. The summed E-state index contributed by atoms with van der Waals surface area (Å²) in [5, 5.41) is 6.34. The van der Waals surface area contributed by atoms with Crippen LogP contribution < -0.4 is 16.9 Å². The zero-order valence-electron chi connectivity index (χ0n) is 9.89. The molecule has 0 saturated carbocycles. The van der Waals surface area contributed by atoms with Gasteiger partial charge < -0.3 is 16.9 Å². The standard InChI is InChI=1S/C11H15BrN4OS/c1-7(8-2-4-9(12)5-3-8)15-10(17)6-18-11(13)16-14/h2-5,7H,6,14H2,1H3,(H2,13,16)(H,15,17). The molecule has 1 amide bonds. The molecule has 0 heterocycles. The fourth-order valence-corrected chi connectivity index (χ4v) is 2.00. The number of nitrogens with one attached hydrogen (secondary N) is 1. The summed E-state index contributed by atoms with van der Waals surface area (Å²) in [7, 11) is 0. The van der Waals surface area contributed by atoms with Gasteiger partial charge in [0.25, 0.3) is 0 Å². The van der Waals surface area contributed by atoms with E-state index in [9.17, 15) is 4.79 Å². The van der Waals surface area contributed by atoms with Crippen molar-refractivity contribution in [2.45, 2.75) is 13.0 Å². The number of rotatable bonds is 4. The third-order valence-electron chi connectivity index (χ3n) is 2.23. The molecule has 0 aliphatic rings. The molecule has 1 aromatic carbocycles. The Bertz CT molecular complexity index is 435. The van der Waals surface area contributed by atoms with Gasteiger partial charge in [-0.2, -0.15) is 5.10 Å². The first-order chi connectivity index (χ1) is 8.52. The Morgan fingerprint density at radius 2 is 2.11 bits per heavy atom. The van der Waals surface area contributed by atoms with Gasteiger partial charge in [0.1, 0.15) is 0 Å². The second kappa shape index (κ2) is 7.27. The van der Waals surface area contributed by atoms with Gasteiger partial charge >= 0.3 is 0 Å². The van der Waals surface area contributed by atoms with Crippen molar-refractivity contribution in [2.75, 3.05) is 5.75 Å². The summed E-state index contributed by atoms with van der Waals surface area (Å²) in [5.74, 6) is 5.06. The van der Waals surface area contributed by atoms with Crippen molar-refractivity contribution in [1.82, 2.24) is 5.32 Å². The fourth-order valence-electron chi connectivity index (χ4n) is 1.29. The molecule has 0 aliphatic heterocycles. The molecule has 0 aliphatic carbocycles. The van der Waals surface area contributed by atoms with Crippen molar-refractivity contribution < 1.29 is 4.79 Å². The average Bonchev–Trinajstić information content (AvgIpc) is 2.36. The molecule has 0 spiro atoms. The Balaban J connectivity index is 2.47. The van der Waals surface area contributed by atoms with E-state index in [0.717, 1.165) is 21.8 Å². The molecular weight excluding hydrogens is 316 g/mol. The maximum Gasteiger partial charge on any atom is 0.230 e. The summed E-state index contributed by atoms with van der Waals surface area (Å²) in [6.45, 7) is 1.92. The quantitative estimate of drug-likeness (QED) is 0.338. The largest absolute Gasteiger partial charge is 0.377 e. The monoisotopic (exact) mass is 330 g/mol. The van der Waals surface area contributed by atoms with E-state index >= 15 is 0 Å². The molecule has 1 atom stereocenters. The van der Waals surface area contributed by atoms with E-state index in [0.29, 0.717) is 0 Å². The first kappa shape index (κ1) is 14.8. The maximum atomic E-state index is 11.6. The van der Waals surface area contributed by atoms with Crippen LogP contribution in [-0.4, -0.2) is 16.8 Å². The van der Waals surface area contributed by atoms with E-state index in [4.69, 9.17) is 11.6 Å². The highest BCUT2D eigenvalue weighted by Gasteiger charge is 2.10. The van der Waals surface area contributed by atoms with Gasteiger partial charge in [-0.1, -0.05) is 39.8 Å². The summed E-state index contributed by atoms with van der Waals surface area (Å²) in [6, 6.07) is 7.73. The first-order valence-corrected chi connectivity index (χ1v) is 7.01. The zero-order valence-corrected chi connectivity index (χ0v) is 12.3. The molecule has 1 rings (SSSR count). The maximum absolute atomic E-state index is 11.6. The number of thioether (sulfide) groups is 1. The Hall–Kier alpha value is -1.21. The number of benzene rings is 1. The SMILES string of the molecule is CC(NC(=O)CSC(N)=NN)c1ccc(Br)cc1. The number of halogens is 1. The molecule has 0 aromatic heterocycles. The summed E-state index contributed by atoms with van der Waals surface area (Å²) >= 11 is 4.47. The second-order valence-corrected chi connectivity index (χ2v) is 5.51. The lowest BCUT2D eigenvalue weighted by molar-refractivity contribution is -0.119. The van der Waals surface area contributed by atoms with E-state index in [-0.39, 0.29) is 22.9 Å². The van der Waals surface area contributed by atoms with E-state index < -0.39 is 0 Å². The van der Waals surface area contributed by atoms with Crippen LogP contribution >= 0.6 is 27.7 Å². The molecule has 18 heavy (non-hydrogen) atoms. The number of nitrogens with zero attached hydrogens (tertiary/aromatic N) is 1. The van der Waals surface area contributed by atoms with Gasteiger partial charge in [-0.25, -0.2) is 0 Å². The van der Waals surface area contributed by atoms with Crippen LogP contribution in [0.25, 0.3) is 0 Å². The summed E-state index contributed by atoms with van der Waals surface area (Å²) in [4.78, 5) is 11.6. The van der Waals surface area contributed by atoms with Crippen LogP contribution in [0, 0.1) is 0 Å². The molecule has 0 saturated heterocycles. The van der Waals surface area contributed by atoms with Gasteiger partial charge in [0.05, 0.1) is 11.8 Å². The van der Waals surface area contributed by atoms with Gasteiger partial charge in [-0.3, -0.25) is 4.79 Å². The normalized spacial score (nSPS) is 13.1. The fraction of sp³-hybridized carbons (Fsp3) is 0.273. The molecule has 0 radical (unpaired) electrons. The van der Waals surface area contributed by atoms with E-state index in [2.05, 4.69) is 26.3 Å². The lowest BCUT2D eigenvalue weighted by atomic mass is 10.1. The number of amides is 1. The Labute approximate surface area is 119 Å². The van der Waals surface area contributed by atoms with Crippen molar-refractivity contribution in [3.05, 3.63) is 34.3 Å². The van der Waals surface area contributed by atoms with E-state index in [1.165, 1.54) is 0 Å². The molecule has 5 N–H and O–H groups in total. The minimum Gasteiger partial charge on any atom is -0.377 e. The van der Waals surface area contributed by atoms with Gasteiger partial charge in [-0.15, -0.1) is 0 Å².